The Kier molecular flexibility index (Phi) is 7.62. The lowest BCUT2D eigenvalue weighted by molar-refractivity contribution is -0.112. The molecule has 0 unspecified atom stereocenters. The molecule has 0 spiro atoms. The van der Waals surface area contributed by atoms with E-state index in [4.69, 9.17) is 10.00 Å². The normalized spacial score (nSPS) is 10.8. The predicted octanol–water partition coefficient (Wildman–Crippen LogP) is 2.36. The average Bonchev–Trinajstić information content (AvgIpc) is 2.49. The van der Waals surface area contributed by atoms with Crippen LogP contribution in [0.25, 0.3) is 0 Å². The van der Waals surface area contributed by atoms with Crippen LogP contribution < -0.4 is 10.6 Å². The van der Waals surface area contributed by atoms with E-state index in [2.05, 4.69) is 10.6 Å². The minimum absolute atomic E-state index is 0.0481. The summed E-state index contributed by atoms with van der Waals surface area (Å²) in [5, 5.41) is 14.6. The summed E-state index contributed by atoms with van der Waals surface area (Å²) < 4.78 is 5.20. The number of rotatable bonds is 8. The molecule has 1 aromatic rings. The van der Waals surface area contributed by atoms with Gasteiger partial charge < -0.3 is 15.4 Å². The summed E-state index contributed by atoms with van der Waals surface area (Å²) >= 11 is 0. The summed E-state index contributed by atoms with van der Waals surface area (Å²) in [6, 6.07) is 9.30. The fraction of sp³-hybridized carbons (Fsp3) is 0.375. The molecule has 0 aliphatic carbocycles. The molecule has 0 aliphatic heterocycles. The molecule has 1 rings (SSSR count). The molecule has 1 aromatic carbocycles. The van der Waals surface area contributed by atoms with E-state index in [1.165, 1.54) is 6.20 Å². The van der Waals surface area contributed by atoms with Gasteiger partial charge in [-0.15, -0.1) is 0 Å². The number of hydrogen-bond acceptors (Lipinski definition) is 4. The summed E-state index contributed by atoms with van der Waals surface area (Å²) in [4.78, 5) is 11.9. The first-order valence-corrected chi connectivity index (χ1v) is 6.96. The van der Waals surface area contributed by atoms with E-state index < -0.39 is 5.91 Å². The molecule has 5 nitrogen and oxygen atoms in total. The second kappa shape index (κ2) is 9.56. The van der Waals surface area contributed by atoms with E-state index >= 15 is 0 Å². The second-order valence-corrected chi connectivity index (χ2v) is 4.49. The Morgan fingerprint density at radius 3 is 2.71 bits per heavy atom. The van der Waals surface area contributed by atoms with Crippen LogP contribution in [0, 0.1) is 18.3 Å². The molecule has 112 valence electrons. The summed E-state index contributed by atoms with van der Waals surface area (Å²) in [5.74, 6) is -0.418. The number of nitriles is 1. The Hall–Kier alpha value is -2.32. The molecule has 0 bridgehead atoms. The van der Waals surface area contributed by atoms with Gasteiger partial charge in [0.25, 0.3) is 5.91 Å². The lowest BCUT2D eigenvalue weighted by Crippen LogP contribution is -2.17. The van der Waals surface area contributed by atoms with Crippen LogP contribution in [0.15, 0.2) is 36.0 Å². The SMILES string of the molecule is CCOCCCN/C=C(/C#N)C(=O)Nc1ccc(C)cc1. The third-order valence-corrected chi connectivity index (χ3v) is 2.73. The highest BCUT2D eigenvalue weighted by Gasteiger charge is 2.08. The molecule has 5 heteroatoms. The molecule has 0 saturated carbocycles. The maximum Gasteiger partial charge on any atom is 0.267 e. The van der Waals surface area contributed by atoms with Gasteiger partial charge in [-0.2, -0.15) is 5.26 Å². The topological polar surface area (TPSA) is 74.1 Å². The van der Waals surface area contributed by atoms with Crippen molar-refractivity contribution in [3.63, 3.8) is 0 Å². The van der Waals surface area contributed by atoms with Gasteiger partial charge in [0.2, 0.25) is 0 Å². The first-order chi connectivity index (χ1) is 10.2. The maximum absolute atomic E-state index is 11.9. The van der Waals surface area contributed by atoms with E-state index in [0.29, 0.717) is 25.4 Å². The fourth-order valence-electron chi connectivity index (χ4n) is 1.58. The van der Waals surface area contributed by atoms with Crippen molar-refractivity contribution in [2.75, 3.05) is 25.1 Å². The Labute approximate surface area is 125 Å². The van der Waals surface area contributed by atoms with E-state index in [-0.39, 0.29) is 5.57 Å². The Bertz CT molecular complexity index is 515. The molecule has 21 heavy (non-hydrogen) atoms. The zero-order chi connectivity index (χ0) is 15.5. The standard InChI is InChI=1S/C16H21N3O2/c1-3-21-10-4-9-18-12-14(11-17)16(20)19-15-7-5-13(2)6-8-15/h5-8,12,18H,3-4,9-10H2,1-2H3,(H,19,20)/b14-12-. The highest BCUT2D eigenvalue weighted by Crippen LogP contribution is 2.09. The van der Waals surface area contributed by atoms with Gasteiger partial charge in [0, 0.05) is 31.6 Å². The molecule has 2 N–H and O–H groups in total. The average molecular weight is 287 g/mol. The van der Waals surface area contributed by atoms with Crippen molar-refractivity contribution >= 4 is 11.6 Å². The Balaban J connectivity index is 2.45. The first kappa shape index (κ1) is 16.7. The number of anilines is 1. The van der Waals surface area contributed by atoms with E-state index in [1.807, 2.05) is 32.0 Å². The van der Waals surface area contributed by atoms with Gasteiger partial charge in [0.05, 0.1) is 0 Å². The first-order valence-electron chi connectivity index (χ1n) is 6.96. The molecular weight excluding hydrogens is 266 g/mol. The van der Waals surface area contributed by atoms with Crippen molar-refractivity contribution in [2.24, 2.45) is 0 Å². The third-order valence-electron chi connectivity index (χ3n) is 2.73. The number of ether oxygens (including phenoxy) is 1. The number of hydrogen-bond donors (Lipinski definition) is 2. The number of carbonyl (C=O) groups excluding carboxylic acids is 1. The summed E-state index contributed by atoms with van der Waals surface area (Å²) in [6.45, 7) is 5.92. The molecule has 0 aliphatic rings. The molecule has 0 heterocycles. The zero-order valence-electron chi connectivity index (χ0n) is 12.5. The van der Waals surface area contributed by atoms with E-state index in [9.17, 15) is 4.79 Å². The Morgan fingerprint density at radius 1 is 1.38 bits per heavy atom. The van der Waals surface area contributed by atoms with Crippen LogP contribution in [-0.2, 0) is 9.53 Å². The largest absolute Gasteiger partial charge is 0.390 e. The van der Waals surface area contributed by atoms with Gasteiger partial charge in [-0.25, -0.2) is 0 Å². The van der Waals surface area contributed by atoms with Crippen LogP contribution in [-0.4, -0.2) is 25.7 Å². The van der Waals surface area contributed by atoms with Gasteiger partial charge in [-0.1, -0.05) is 17.7 Å². The van der Waals surface area contributed by atoms with Crippen LogP contribution >= 0.6 is 0 Å². The summed E-state index contributed by atoms with van der Waals surface area (Å²) in [5.41, 5.74) is 1.83. The van der Waals surface area contributed by atoms with Crippen molar-refractivity contribution in [1.29, 1.82) is 5.26 Å². The summed E-state index contributed by atoms with van der Waals surface area (Å²) in [7, 11) is 0. The van der Waals surface area contributed by atoms with Crippen LogP contribution in [0.4, 0.5) is 5.69 Å². The lowest BCUT2D eigenvalue weighted by atomic mass is 10.2. The van der Waals surface area contributed by atoms with E-state index in [0.717, 1.165) is 12.0 Å². The number of aryl methyl sites for hydroxylation is 1. The molecule has 0 aromatic heterocycles. The van der Waals surface area contributed by atoms with Crippen molar-refractivity contribution in [1.82, 2.24) is 5.32 Å². The third kappa shape index (κ3) is 6.59. The van der Waals surface area contributed by atoms with Crippen molar-refractivity contribution in [3.05, 3.63) is 41.6 Å². The predicted molar refractivity (Wildman–Crippen MR) is 82.6 cm³/mol. The van der Waals surface area contributed by atoms with Crippen molar-refractivity contribution < 1.29 is 9.53 Å². The minimum Gasteiger partial charge on any atom is -0.390 e. The monoisotopic (exact) mass is 287 g/mol. The molecule has 0 radical (unpaired) electrons. The van der Waals surface area contributed by atoms with Crippen molar-refractivity contribution in [2.45, 2.75) is 20.3 Å². The number of benzene rings is 1. The molecule has 0 saturated heterocycles. The van der Waals surface area contributed by atoms with Crippen LogP contribution in [0.2, 0.25) is 0 Å². The minimum atomic E-state index is -0.418. The van der Waals surface area contributed by atoms with Gasteiger partial charge in [-0.3, -0.25) is 4.79 Å². The molecule has 0 atom stereocenters. The lowest BCUT2D eigenvalue weighted by Gasteiger charge is -2.05. The van der Waals surface area contributed by atoms with Crippen molar-refractivity contribution in [3.8, 4) is 6.07 Å². The van der Waals surface area contributed by atoms with Gasteiger partial charge in [0.1, 0.15) is 11.6 Å². The highest BCUT2D eigenvalue weighted by molar-refractivity contribution is 6.06. The van der Waals surface area contributed by atoms with E-state index in [1.54, 1.807) is 12.1 Å². The number of nitrogens with zero attached hydrogens (tertiary/aromatic N) is 1. The van der Waals surface area contributed by atoms with Crippen LogP contribution in [0.3, 0.4) is 0 Å². The van der Waals surface area contributed by atoms with Gasteiger partial charge in [-0.05, 0) is 32.4 Å². The summed E-state index contributed by atoms with van der Waals surface area (Å²) in [6.07, 6.45) is 2.26. The number of amides is 1. The second-order valence-electron chi connectivity index (χ2n) is 4.49. The number of carbonyl (C=O) groups is 1. The van der Waals surface area contributed by atoms with Crippen LogP contribution in [0.1, 0.15) is 18.9 Å². The molecule has 0 fully saturated rings. The zero-order valence-corrected chi connectivity index (χ0v) is 12.5. The van der Waals surface area contributed by atoms with Gasteiger partial charge in [0.15, 0.2) is 0 Å². The quantitative estimate of drug-likeness (QED) is 0.437. The molecular formula is C16H21N3O2. The Morgan fingerprint density at radius 2 is 2.10 bits per heavy atom. The van der Waals surface area contributed by atoms with Crippen LogP contribution in [0.5, 0.6) is 0 Å². The smallest absolute Gasteiger partial charge is 0.267 e. The van der Waals surface area contributed by atoms with Gasteiger partial charge >= 0.3 is 0 Å². The molecule has 1 amide bonds. The maximum atomic E-state index is 11.9. The fourth-order valence-corrected chi connectivity index (χ4v) is 1.58. The highest BCUT2D eigenvalue weighted by atomic mass is 16.5. The number of nitrogens with one attached hydrogen (secondary N) is 2.